The summed E-state index contributed by atoms with van der Waals surface area (Å²) in [6, 6.07) is 6.35. The van der Waals surface area contributed by atoms with Crippen molar-refractivity contribution in [3.05, 3.63) is 70.5 Å². The molecule has 2 heterocycles. The Morgan fingerprint density at radius 2 is 1.82 bits per heavy atom. The van der Waals surface area contributed by atoms with Crippen LogP contribution >= 0.6 is 11.6 Å². The Bertz CT molecular complexity index is 1090. The maximum Gasteiger partial charge on any atom is 0.352 e. The predicted octanol–water partition coefficient (Wildman–Crippen LogP) is 3.35. The Balaban J connectivity index is 1.69. The number of carboxylic acids is 1. The van der Waals surface area contributed by atoms with E-state index in [1.54, 1.807) is 0 Å². The van der Waals surface area contributed by atoms with Crippen molar-refractivity contribution in [2.24, 2.45) is 7.05 Å². The highest BCUT2D eigenvalue weighted by Crippen LogP contribution is 2.18. The number of carbonyl (C=O) groups excluding carboxylic acids is 2. The number of carbonyl (C=O) groups is 3. The summed E-state index contributed by atoms with van der Waals surface area (Å²) in [6.07, 6.45) is 2.82. The van der Waals surface area contributed by atoms with Crippen LogP contribution in [0.2, 0.25) is 5.02 Å². The van der Waals surface area contributed by atoms with Gasteiger partial charge >= 0.3 is 5.97 Å². The highest BCUT2D eigenvalue weighted by atomic mass is 35.5. The monoisotopic (exact) mass is 404 g/mol. The number of H-pyrrole nitrogens is 1. The summed E-state index contributed by atoms with van der Waals surface area (Å²) >= 11 is 5.66. The first-order chi connectivity index (χ1) is 13.2. The third kappa shape index (κ3) is 4.04. The van der Waals surface area contributed by atoms with E-state index >= 15 is 0 Å². The molecule has 0 fully saturated rings. The van der Waals surface area contributed by atoms with Crippen LogP contribution in [0.3, 0.4) is 0 Å². The van der Waals surface area contributed by atoms with Crippen LogP contribution in [-0.4, -0.2) is 32.4 Å². The molecule has 1 aromatic carbocycles. The highest BCUT2D eigenvalue weighted by Gasteiger charge is 2.16. The van der Waals surface area contributed by atoms with E-state index in [9.17, 15) is 18.8 Å². The van der Waals surface area contributed by atoms with E-state index < -0.39 is 23.6 Å². The van der Waals surface area contributed by atoms with Crippen LogP contribution in [0.4, 0.5) is 15.8 Å². The highest BCUT2D eigenvalue weighted by molar-refractivity contribution is 6.30. The molecule has 0 radical (unpaired) electrons. The fourth-order valence-corrected chi connectivity index (χ4v) is 2.67. The van der Waals surface area contributed by atoms with Gasteiger partial charge in [-0.25, -0.2) is 9.18 Å². The van der Waals surface area contributed by atoms with Gasteiger partial charge in [-0.05, 0) is 30.3 Å². The number of hydrogen-bond donors (Lipinski definition) is 4. The molecule has 0 aliphatic carbocycles. The minimum atomic E-state index is -1.12. The van der Waals surface area contributed by atoms with E-state index in [0.717, 1.165) is 6.07 Å². The summed E-state index contributed by atoms with van der Waals surface area (Å²) in [7, 11) is 1.54. The SMILES string of the molecule is Cn1cc(NC(=O)c2cc(NC(=O)c3ccc(Cl)cc3F)c[nH]2)cc1C(=O)O. The smallest absolute Gasteiger partial charge is 0.352 e. The van der Waals surface area contributed by atoms with Gasteiger partial charge in [-0.2, -0.15) is 0 Å². The zero-order valence-electron chi connectivity index (χ0n) is 14.4. The van der Waals surface area contributed by atoms with E-state index in [-0.39, 0.29) is 27.7 Å². The number of carboxylic acid groups (broad SMARTS) is 1. The molecule has 0 atom stereocenters. The molecule has 0 spiro atoms. The molecule has 0 saturated carbocycles. The summed E-state index contributed by atoms with van der Waals surface area (Å²) in [4.78, 5) is 38.2. The number of anilines is 2. The molecule has 8 nitrogen and oxygen atoms in total. The van der Waals surface area contributed by atoms with Gasteiger partial charge in [-0.3, -0.25) is 9.59 Å². The van der Waals surface area contributed by atoms with Gasteiger partial charge in [0.05, 0.1) is 16.9 Å². The molecular weight excluding hydrogens is 391 g/mol. The number of nitrogens with zero attached hydrogens (tertiary/aromatic N) is 1. The van der Waals surface area contributed by atoms with Crippen molar-refractivity contribution < 1.29 is 23.9 Å². The Kier molecular flexibility index (Phi) is 5.18. The van der Waals surface area contributed by atoms with Crippen LogP contribution in [-0.2, 0) is 7.05 Å². The Morgan fingerprint density at radius 3 is 2.46 bits per heavy atom. The average molecular weight is 405 g/mol. The molecule has 0 unspecified atom stereocenters. The lowest BCUT2D eigenvalue weighted by molar-refractivity contribution is 0.0686. The molecule has 28 heavy (non-hydrogen) atoms. The van der Waals surface area contributed by atoms with Crippen molar-refractivity contribution in [3.8, 4) is 0 Å². The average Bonchev–Trinajstić information content (AvgIpc) is 3.21. The second-order valence-corrected chi connectivity index (χ2v) is 6.30. The number of nitrogens with one attached hydrogen (secondary N) is 3. The standard InChI is InChI=1S/C18H14ClFN4O4/c1-24-8-11(6-15(24)18(27)28)23-17(26)14-5-10(7-21-14)22-16(25)12-3-2-9(19)4-13(12)20/h2-8,21H,1H3,(H,22,25)(H,23,26)(H,27,28). The Morgan fingerprint density at radius 1 is 1.11 bits per heavy atom. The lowest BCUT2D eigenvalue weighted by Gasteiger charge is -2.04. The van der Waals surface area contributed by atoms with E-state index in [1.165, 1.54) is 48.3 Å². The lowest BCUT2D eigenvalue weighted by Crippen LogP contribution is -2.13. The first-order valence-electron chi connectivity index (χ1n) is 7.90. The Labute approximate surface area is 162 Å². The number of aromatic amines is 1. The number of aryl methyl sites for hydroxylation is 1. The van der Waals surface area contributed by atoms with Crippen molar-refractivity contribution in [2.45, 2.75) is 0 Å². The van der Waals surface area contributed by atoms with Crippen LogP contribution in [0.25, 0.3) is 0 Å². The second-order valence-electron chi connectivity index (χ2n) is 5.86. The quantitative estimate of drug-likeness (QED) is 0.521. The lowest BCUT2D eigenvalue weighted by atomic mass is 10.2. The van der Waals surface area contributed by atoms with Crippen molar-refractivity contribution in [3.63, 3.8) is 0 Å². The fourth-order valence-electron chi connectivity index (χ4n) is 2.51. The van der Waals surface area contributed by atoms with Crippen LogP contribution in [0.1, 0.15) is 31.3 Å². The summed E-state index contributed by atoms with van der Waals surface area (Å²) in [5, 5.41) is 14.2. The van der Waals surface area contributed by atoms with Crippen molar-refractivity contribution in [1.82, 2.24) is 9.55 Å². The summed E-state index contributed by atoms with van der Waals surface area (Å²) in [6.45, 7) is 0. The molecule has 3 aromatic rings. The third-order valence-corrected chi connectivity index (χ3v) is 4.08. The number of hydrogen-bond acceptors (Lipinski definition) is 3. The van der Waals surface area contributed by atoms with Crippen LogP contribution in [0.15, 0.2) is 42.7 Å². The topological polar surface area (TPSA) is 116 Å². The van der Waals surface area contributed by atoms with Crippen LogP contribution < -0.4 is 10.6 Å². The van der Waals surface area contributed by atoms with E-state index in [4.69, 9.17) is 16.7 Å². The second kappa shape index (κ2) is 7.57. The fraction of sp³-hybridized carbons (Fsp3) is 0.0556. The van der Waals surface area contributed by atoms with Gasteiger partial charge in [0.2, 0.25) is 0 Å². The summed E-state index contributed by atoms with van der Waals surface area (Å²) in [5.41, 5.74) is 0.492. The zero-order chi connectivity index (χ0) is 20.4. The van der Waals surface area contributed by atoms with Gasteiger partial charge in [-0.15, -0.1) is 0 Å². The number of amides is 2. The molecule has 144 valence electrons. The maximum atomic E-state index is 13.8. The van der Waals surface area contributed by atoms with Crippen molar-refractivity contribution in [1.29, 1.82) is 0 Å². The molecule has 0 bridgehead atoms. The van der Waals surface area contributed by atoms with Gasteiger partial charge in [0, 0.05) is 24.5 Å². The Hall–Kier alpha value is -3.59. The first kappa shape index (κ1) is 19.2. The summed E-state index contributed by atoms with van der Waals surface area (Å²) < 4.78 is 15.2. The zero-order valence-corrected chi connectivity index (χ0v) is 15.2. The first-order valence-corrected chi connectivity index (χ1v) is 8.28. The molecular formula is C18H14ClFN4O4. The minimum Gasteiger partial charge on any atom is -0.477 e. The number of halogens is 2. The van der Waals surface area contributed by atoms with Crippen LogP contribution in [0.5, 0.6) is 0 Å². The van der Waals surface area contributed by atoms with E-state index in [2.05, 4.69) is 15.6 Å². The molecule has 0 aliphatic heterocycles. The van der Waals surface area contributed by atoms with Gasteiger partial charge < -0.3 is 25.3 Å². The van der Waals surface area contributed by atoms with Gasteiger partial charge in [0.1, 0.15) is 17.2 Å². The molecule has 2 amide bonds. The van der Waals surface area contributed by atoms with Crippen LogP contribution in [0, 0.1) is 5.82 Å². The number of aromatic nitrogens is 2. The number of aromatic carboxylic acids is 1. The largest absolute Gasteiger partial charge is 0.477 e. The van der Waals surface area contributed by atoms with Gasteiger partial charge in [0.15, 0.2) is 0 Å². The van der Waals surface area contributed by atoms with Gasteiger partial charge in [-0.1, -0.05) is 11.6 Å². The molecule has 4 N–H and O–H groups in total. The number of rotatable bonds is 5. The molecule has 0 saturated heterocycles. The predicted molar refractivity (Wildman–Crippen MR) is 100 cm³/mol. The van der Waals surface area contributed by atoms with Gasteiger partial charge in [0.25, 0.3) is 11.8 Å². The molecule has 10 heteroatoms. The summed E-state index contributed by atoms with van der Waals surface area (Å²) in [5.74, 6) is -3.13. The third-order valence-electron chi connectivity index (χ3n) is 3.84. The molecule has 2 aromatic heterocycles. The van der Waals surface area contributed by atoms with E-state index in [1.807, 2.05) is 0 Å². The van der Waals surface area contributed by atoms with E-state index in [0.29, 0.717) is 5.69 Å². The number of benzene rings is 1. The van der Waals surface area contributed by atoms with Crippen molar-refractivity contribution in [2.75, 3.05) is 10.6 Å². The minimum absolute atomic E-state index is 0.0136. The molecule has 0 aliphatic rings. The normalized spacial score (nSPS) is 10.5. The van der Waals surface area contributed by atoms with Crippen molar-refractivity contribution >= 4 is 40.8 Å². The maximum absolute atomic E-state index is 13.8. The molecule has 3 rings (SSSR count).